The number of aromatic nitrogens is 4. The summed E-state index contributed by atoms with van der Waals surface area (Å²) in [4.78, 5) is 56.2. The topological polar surface area (TPSA) is 138 Å². The van der Waals surface area contributed by atoms with E-state index in [2.05, 4.69) is 36.5 Å². The van der Waals surface area contributed by atoms with Crippen LogP contribution in [0, 0.1) is 13.8 Å². The number of aryl methyl sites for hydroxylation is 2. The number of carboxylic acids is 1. The van der Waals surface area contributed by atoms with Crippen LogP contribution in [0.2, 0.25) is 0 Å². The number of H-pyrrole nitrogens is 2. The van der Waals surface area contributed by atoms with Crippen LogP contribution in [0.3, 0.4) is 0 Å². The molecule has 228 valence electrons. The molecule has 9 heteroatoms. The largest absolute Gasteiger partial charge is 0.481 e. The van der Waals surface area contributed by atoms with Crippen molar-refractivity contribution < 1.29 is 24.2 Å². The summed E-state index contributed by atoms with van der Waals surface area (Å²) in [6, 6.07) is 6.12. The first-order valence-electron chi connectivity index (χ1n) is 15.2. The van der Waals surface area contributed by atoms with Crippen molar-refractivity contribution in [1.29, 1.82) is 0 Å². The second-order valence-corrected chi connectivity index (χ2v) is 12.3. The number of rotatable bonds is 6. The zero-order valence-electron chi connectivity index (χ0n) is 26.0. The Bertz CT molecular complexity index is 1920. The molecule has 0 saturated carbocycles. The second kappa shape index (κ2) is 10.9. The lowest BCUT2D eigenvalue weighted by molar-refractivity contribution is -0.141. The monoisotopic (exact) mass is 594 g/mol. The molecule has 5 heterocycles. The zero-order valence-corrected chi connectivity index (χ0v) is 26.0. The molecule has 2 aliphatic heterocycles. The number of Topliss-reactive ketones (excluding diaryl/α,β-unsaturated/α-hetero) is 1. The van der Waals surface area contributed by atoms with E-state index in [1.54, 1.807) is 0 Å². The molecule has 8 bridgehead atoms. The van der Waals surface area contributed by atoms with Gasteiger partial charge in [-0.3, -0.25) is 24.4 Å². The summed E-state index contributed by atoms with van der Waals surface area (Å²) in [6.07, 6.45) is 2.97. The summed E-state index contributed by atoms with van der Waals surface area (Å²) in [5, 5.41) is 9.60. The number of carbonyl (C=O) groups excluding carboxylic acids is 2. The summed E-state index contributed by atoms with van der Waals surface area (Å²) in [7, 11) is 1.27. The van der Waals surface area contributed by atoms with Crippen molar-refractivity contribution in [3.63, 3.8) is 0 Å². The van der Waals surface area contributed by atoms with Crippen molar-refractivity contribution in [2.75, 3.05) is 7.11 Å². The van der Waals surface area contributed by atoms with E-state index in [-0.39, 0.29) is 35.9 Å². The molecule has 0 aromatic carbocycles. The maximum absolute atomic E-state index is 14.0. The van der Waals surface area contributed by atoms with E-state index in [1.807, 2.05) is 39.0 Å². The zero-order chi connectivity index (χ0) is 31.6. The highest BCUT2D eigenvalue weighted by molar-refractivity contribution is 6.23. The van der Waals surface area contributed by atoms with Gasteiger partial charge in [0.1, 0.15) is 5.92 Å². The van der Waals surface area contributed by atoms with Crippen LogP contribution in [0.4, 0.5) is 0 Å². The minimum absolute atomic E-state index is 0.0721. The van der Waals surface area contributed by atoms with Crippen molar-refractivity contribution in [3.05, 3.63) is 75.4 Å². The second-order valence-electron chi connectivity index (χ2n) is 12.3. The average Bonchev–Trinajstić information content (AvgIpc) is 3.72. The molecule has 3 aromatic rings. The lowest BCUT2D eigenvalue weighted by Crippen LogP contribution is -2.21. The van der Waals surface area contributed by atoms with Gasteiger partial charge >= 0.3 is 11.9 Å². The van der Waals surface area contributed by atoms with Crippen LogP contribution in [0.15, 0.2) is 24.8 Å². The molecule has 0 spiro atoms. The molecule has 3 N–H and O–H groups in total. The fraction of sp³-hybridized carbons (Fsp3) is 0.400. The molecule has 0 fully saturated rings. The number of aromatic amines is 2. The number of ether oxygens (including phenoxy) is 1. The third-order valence-electron chi connectivity index (χ3n) is 10.0. The van der Waals surface area contributed by atoms with Gasteiger partial charge in [-0.15, -0.1) is 0 Å². The van der Waals surface area contributed by atoms with Gasteiger partial charge in [0.05, 0.1) is 18.3 Å². The molecule has 0 unspecified atom stereocenters. The Balaban J connectivity index is 1.80. The van der Waals surface area contributed by atoms with Gasteiger partial charge < -0.3 is 19.8 Å². The number of fused-ring (bicyclic) bond motifs is 8. The van der Waals surface area contributed by atoms with Crippen molar-refractivity contribution in [2.24, 2.45) is 0 Å². The van der Waals surface area contributed by atoms with Crippen LogP contribution in [0.25, 0.3) is 28.1 Å². The minimum atomic E-state index is -1.18. The molecule has 44 heavy (non-hydrogen) atoms. The number of nitrogens with one attached hydrogen (secondary N) is 2. The average molecular weight is 595 g/mol. The first kappa shape index (κ1) is 29.5. The third-order valence-corrected chi connectivity index (χ3v) is 10.0. The fourth-order valence-corrected chi connectivity index (χ4v) is 7.44. The van der Waals surface area contributed by atoms with E-state index in [0.29, 0.717) is 28.8 Å². The number of methoxy groups -OCH3 is 1. The van der Waals surface area contributed by atoms with E-state index in [9.17, 15) is 19.5 Å². The smallest absolute Gasteiger partial charge is 0.321 e. The number of aliphatic carboxylic acids is 1. The highest BCUT2D eigenvalue weighted by Crippen LogP contribution is 2.48. The Morgan fingerprint density at radius 1 is 0.977 bits per heavy atom. The molecular weight excluding hydrogens is 556 g/mol. The number of hydrogen-bond donors (Lipinski definition) is 3. The first-order chi connectivity index (χ1) is 21.0. The number of carbonyl (C=O) groups is 3. The lowest BCUT2D eigenvalue weighted by Gasteiger charge is -2.18. The van der Waals surface area contributed by atoms with Crippen LogP contribution in [-0.2, 0) is 14.3 Å². The summed E-state index contributed by atoms with van der Waals surface area (Å²) in [6.45, 7) is 14.3. The van der Waals surface area contributed by atoms with Gasteiger partial charge in [0.25, 0.3) is 0 Å². The Labute approximate surface area is 255 Å². The van der Waals surface area contributed by atoms with Crippen LogP contribution >= 0.6 is 0 Å². The molecule has 3 aliphatic rings. The normalized spacial score (nSPS) is 22.3. The third kappa shape index (κ3) is 4.40. The van der Waals surface area contributed by atoms with E-state index in [0.717, 1.165) is 56.7 Å². The highest BCUT2D eigenvalue weighted by Gasteiger charge is 2.45. The molecular formula is C35H38N4O5. The molecule has 5 atom stereocenters. The summed E-state index contributed by atoms with van der Waals surface area (Å²) < 4.78 is 5.14. The summed E-state index contributed by atoms with van der Waals surface area (Å²) in [5.41, 5.74) is 9.95. The van der Waals surface area contributed by atoms with Crippen LogP contribution in [0.5, 0.6) is 0 Å². The van der Waals surface area contributed by atoms with Gasteiger partial charge in [0, 0.05) is 80.4 Å². The fourth-order valence-electron chi connectivity index (χ4n) is 7.44. The van der Waals surface area contributed by atoms with E-state index >= 15 is 0 Å². The van der Waals surface area contributed by atoms with E-state index < -0.39 is 17.9 Å². The molecule has 0 radical (unpaired) electrons. The standard InChI is InChI=1S/C35H38N4O5/c1-8-19-15(3)22-12-24-17(5)21(10-11-28(40)41)32(38-24)30-31(35(43)44-7)34(42)29-18(6)25(39-33(29)30)14-27-20(9-2)16(4)23(37-27)13-26(19)36-22/h8,12-14,16-17,20-21,31,36,39H,1,9-11H2,2-7H3,(H,40,41)/t16-,17+,20-,21+,31-/m1/s1. The quantitative estimate of drug-likeness (QED) is 0.205. The van der Waals surface area contributed by atoms with Crippen molar-refractivity contribution in [2.45, 2.75) is 83.5 Å². The predicted molar refractivity (Wildman–Crippen MR) is 169 cm³/mol. The maximum Gasteiger partial charge on any atom is 0.321 e. The van der Waals surface area contributed by atoms with E-state index in [1.165, 1.54) is 7.11 Å². The van der Waals surface area contributed by atoms with Crippen molar-refractivity contribution in [1.82, 2.24) is 19.9 Å². The Morgan fingerprint density at radius 3 is 2.27 bits per heavy atom. The molecule has 0 amide bonds. The Kier molecular flexibility index (Phi) is 7.30. The van der Waals surface area contributed by atoms with Crippen LogP contribution < -0.4 is 0 Å². The Morgan fingerprint density at radius 2 is 1.61 bits per heavy atom. The van der Waals surface area contributed by atoms with Crippen molar-refractivity contribution >= 4 is 45.9 Å². The highest BCUT2D eigenvalue weighted by atomic mass is 16.5. The molecule has 9 nitrogen and oxygen atoms in total. The van der Waals surface area contributed by atoms with E-state index in [4.69, 9.17) is 14.7 Å². The minimum Gasteiger partial charge on any atom is -0.481 e. The van der Waals surface area contributed by atoms with Gasteiger partial charge in [0.2, 0.25) is 0 Å². The maximum atomic E-state index is 14.0. The van der Waals surface area contributed by atoms with Gasteiger partial charge in [0.15, 0.2) is 5.78 Å². The number of hydrogen-bond acceptors (Lipinski definition) is 6. The number of nitrogens with zero attached hydrogens (tertiary/aromatic N) is 2. The summed E-state index contributed by atoms with van der Waals surface area (Å²) >= 11 is 0. The van der Waals surface area contributed by atoms with Gasteiger partial charge in [-0.25, -0.2) is 0 Å². The van der Waals surface area contributed by atoms with Gasteiger partial charge in [-0.1, -0.05) is 33.4 Å². The SMILES string of the molecule is C=Cc1c(C)c2cc3nc(c4c5[nH]c(cc6nc(cc1[nH]2)[C@H](C)[C@H]6CC)c(C)c5C(=O)[C@@H]4C(=O)OC)[C@@H](CCC(=O)O)[C@@H]3C. The van der Waals surface area contributed by atoms with Gasteiger partial charge in [-0.05, 0) is 56.0 Å². The molecule has 0 saturated heterocycles. The van der Waals surface area contributed by atoms with Crippen molar-refractivity contribution in [3.8, 4) is 0 Å². The summed E-state index contributed by atoms with van der Waals surface area (Å²) in [5.74, 6) is -3.23. The first-order valence-corrected chi connectivity index (χ1v) is 15.2. The number of carboxylic acid groups (broad SMARTS) is 1. The molecule has 6 rings (SSSR count). The number of ketones is 1. The number of esters is 1. The predicted octanol–water partition coefficient (Wildman–Crippen LogP) is 7.08. The molecule has 3 aromatic heterocycles. The Hall–Kier alpha value is -4.53. The van der Waals surface area contributed by atoms with Crippen LogP contribution in [-0.4, -0.2) is 49.9 Å². The molecule has 1 aliphatic carbocycles. The van der Waals surface area contributed by atoms with Gasteiger partial charge in [-0.2, -0.15) is 0 Å². The lowest BCUT2D eigenvalue weighted by atomic mass is 9.84. The van der Waals surface area contributed by atoms with Crippen LogP contribution in [0.1, 0.15) is 125 Å².